The van der Waals surface area contributed by atoms with Crippen LogP contribution in [0.25, 0.3) is 16.6 Å². The highest BCUT2D eigenvalue weighted by Crippen LogP contribution is 2.35. The number of rotatable bonds is 8. The van der Waals surface area contributed by atoms with E-state index in [1.54, 1.807) is 22.9 Å². The van der Waals surface area contributed by atoms with Crippen LogP contribution in [0.2, 0.25) is 0 Å². The summed E-state index contributed by atoms with van der Waals surface area (Å²) in [5.74, 6) is 1.21. The average Bonchev–Trinajstić information content (AvgIpc) is 3.20. The molecule has 1 atom stereocenters. The molecule has 0 bridgehead atoms. The van der Waals surface area contributed by atoms with Crippen molar-refractivity contribution in [1.29, 1.82) is 0 Å². The number of aryl methyl sites for hydroxylation is 2. The minimum absolute atomic E-state index is 0.0685. The standard InChI is InChI=1S/C26H30N6O4/c1-16-23-17(2)32(29-24(23)25(28-27-16)30(3)4)20-15-19(33)11-12-22(20)36-21(13-14-31(5)26(34)35)18-9-7-6-8-10-18/h6-12,15,21,33H,13-14H2,1-5H3,(H,34,35). The average molecular weight is 491 g/mol. The highest BCUT2D eigenvalue weighted by atomic mass is 16.5. The first-order valence-corrected chi connectivity index (χ1v) is 11.6. The third-order valence-electron chi connectivity index (χ3n) is 6.07. The Morgan fingerprint density at radius 1 is 1.08 bits per heavy atom. The van der Waals surface area contributed by atoms with Gasteiger partial charge in [-0.3, -0.25) is 0 Å². The number of benzene rings is 2. The number of phenols is 1. The molecule has 10 heteroatoms. The van der Waals surface area contributed by atoms with E-state index in [9.17, 15) is 15.0 Å². The zero-order valence-corrected chi connectivity index (χ0v) is 21.0. The first kappa shape index (κ1) is 24.8. The summed E-state index contributed by atoms with van der Waals surface area (Å²) in [6.07, 6.45) is -0.991. The minimum Gasteiger partial charge on any atom is -0.508 e. The molecule has 0 aliphatic rings. The van der Waals surface area contributed by atoms with Crippen LogP contribution in [-0.4, -0.2) is 68.9 Å². The summed E-state index contributed by atoms with van der Waals surface area (Å²) in [6, 6.07) is 14.5. The number of fused-ring (bicyclic) bond motifs is 1. The van der Waals surface area contributed by atoms with Crippen LogP contribution < -0.4 is 9.64 Å². The van der Waals surface area contributed by atoms with Crippen LogP contribution in [-0.2, 0) is 0 Å². The number of aromatic hydroxyl groups is 1. The maximum absolute atomic E-state index is 11.3. The van der Waals surface area contributed by atoms with Crippen molar-refractivity contribution in [2.75, 3.05) is 32.6 Å². The predicted molar refractivity (Wildman–Crippen MR) is 137 cm³/mol. The molecule has 2 N–H and O–H groups in total. The molecule has 0 saturated heterocycles. The summed E-state index contributed by atoms with van der Waals surface area (Å²) in [5.41, 5.74) is 3.75. The second kappa shape index (κ2) is 10.1. The Bertz CT molecular complexity index is 1390. The number of aromatic nitrogens is 4. The Balaban J connectivity index is 1.80. The van der Waals surface area contributed by atoms with Crippen LogP contribution in [0.5, 0.6) is 11.5 Å². The van der Waals surface area contributed by atoms with E-state index in [0.29, 0.717) is 29.2 Å². The molecule has 10 nitrogen and oxygen atoms in total. The number of ether oxygens (including phenoxy) is 1. The highest BCUT2D eigenvalue weighted by Gasteiger charge is 2.22. The van der Waals surface area contributed by atoms with Crippen LogP contribution in [0.1, 0.15) is 29.5 Å². The molecule has 0 aliphatic heterocycles. The number of nitrogens with zero attached hydrogens (tertiary/aromatic N) is 6. The third-order valence-corrected chi connectivity index (χ3v) is 6.07. The highest BCUT2D eigenvalue weighted by molar-refractivity contribution is 5.92. The topological polar surface area (TPSA) is 117 Å². The van der Waals surface area contributed by atoms with Gasteiger partial charge in [0.1, 0.15) is 28.8 Å². The van der Waals surface area contributed by atoms with Gasteiger partial charge in [-0.1, -0.05) is 30.3 Å². The van der Waals surface area contributed by atoms with Crippen LogP contribution >= 0.6 is 0 Å². The van der Waals surface area contributed by atoms with Crippen molar-refractivity contribution in [3.63, 3.8) is 0 Å². The van der Waals surface area contributed by atoms with Gasteiger partial charge in [-0.2, -0.15) is 10.2 Å². The second-order valence-corrected chi connectivity index (χ2v) is 8.89. The van der Waals surface area contributed by atoms with E-state index in [1.807, 2.05) is 63.2 Å². The normalized spacial score (nSPS) is 11.9. The number of amides is 1. The molecular weight excluding hydrogens is 460 g/mol. The summed E-state index contributed by atoms with van der Waals surface area (Å²) < 4.78 is 8.23. The van der Waals surface area contributed by atoms with Gasteiger partial charge in [-0.05, 0) is 31.5 Å². The molecule has 0 radical (unpaired) electrons. The summed E-state index contributed by atoms with van der Waals surface area (Å²) in [5, 5.41) is 34.0. The number of hydrogen-bond donors (Lipinski definition) is 2. The second-order valence-electron chi connectivity index (χ2n) is 8.89. The zero-order valence-electron chi connectivity index (χ0n) is 21.0. The van der Waals surface area contributed by atoms with Crippen LogP contribution in [0.15, 0.2) is 48.5 Å². The van der Waals surface area contributed by atoms with Crippen molar-refractivity contribution in [1.82, 2.24) is 24.9 Å². The molecule has 0 saturated carbocycles. The fraction of sp³-hybridized carbons (Fsp3) is 0.308. The third kappa shape index (κ3) is 4.88. The van der Waals surface area contributed by atoms with Crippen molar-refractivity contribution in [2.24, 2.45) is 0 Å². The maximum atomic E-state index is 11.3. The predicted octanol–water partition coefficient (Wildman–Crippen LogP) is 4.32. The molecule has 4 rings (SSSR count). The summed E-state index contributed by atoms with van der Waals surface area (Å²) in [4.78, 5) is 14.4. The Kier molecular flexibility index (Phi) is 6.96. The van der Waals surface area contributed by atoms with Crippen molar-refractivity contribution in [2.45, 2.75) is 26.4 Å². The molecule has 4 aromatic rings. The molecule has 2 aromatic carbocycles. The molecule has 0 fully saturated rings. The van der Waals surface area contributed by atoms with Crippen LogP contribution in [0.4, 0.5) is 10.6 Å². The number of carboxylic acid groups (broad SMARTS) is 1. The molecule has 188 valence electrons. The van der Waals surface area contributed by atoms with Gasteiger partial charge in [0.25, 0.3) is 0 Å². The Morgan fingerprint density at radius 3 is 2.47 bits per heavy atom. The van der Waals surface area contributed by atoms with Gasteiger partial charge in [0.2, 0.25) is 0 Å². The Hall–Kier alpha value is -4.34. The molecular formula is C26H30N6O4. The number of anilines is 1. The maximum Gasteiger partial charge on any atom is 0.407 e. The van der Waals surface area contributed by atoms with Crippen LogP contribution in [0.3, 0.4) is 0 Å². The van der Waals surface area contributed by atoms with E-state index in [0.717, 1.165) is 22.3 Å². The monoisotopic (exact) mass is 490 g/mol. The van der Waals surface area contributed by atoms with E-state index in [2.05, 4.69) is 10.2 Å². The van der Waals surface area contributed by atoms with E-state index < -0.39 is 12.2 Å². The van der Waals surface area contributed by atoms with E-state index in [1.165, 1.54) is 11.9 Å². The molecule has 2 heterocycles. The molecule has 1 amide bonds. The van der Waals surface area contributed by atoms with Gasteiger partial charge in [-0.25, -0.2) is 9.48 Å². The Morgan fingerprint density at radius 2 is 1.81 bits per heavy atom. The van der Waals surface area contributed by atoms with Crippen molar-refractivity contribution in [3.05, 3.63) is 65.5 Å². The van der Waals surface area contributed by atoms with E-state index >= 15 is 0 Å². The zero-order chi connectivity index (χ0) is 26.0. The SMILES string of the molecule is Cc1nnc(N(C)C)c2nn(-c3cc(O)ccc3OC(CCN(C)C(=O)O)c3ccccc3)c(C)c12. The van der Waals surface area contributed by atoms with Gasteiger partial charge >= 0.3 is 6.09 Å². The van der Waals surface area contributed by atoms with Crippen molar-refractivity contribution in [3.8, 4) is 17.2 Å². The number of phenolic OH excluding ortho intramolecular Hbond substituents is 1. The number of carbonyl (C=O) groups is 1. The molecule has 2 aromatic heterocycles. The van der Waals surface area contributed by atoms with Crippen molar-refractivity contribution >= 4 is 22.8 Å². The molecule has 36 heavy (non-hydrogen) atoms. The minimum atomic E-state index is -1.000. The first-order valence-electron chi connectivity index (χ1n) is 11.6. The van der Waals surface area contributed by atoms with E-state index in [4.69, 9.17) is 9.84 Å². The Labute approximate surface area is 209 Å². The van der Waals surface area contributed by atoms with Gasteiger partial charge in [0.15, 0.2) is 5.82 Å². The molecule has 1 unspecified atom stereocenters. The van der Waals surface area contributed by atoms with E-state index in [-0.39, 0.29) is 12.3 Å². The van der Waals surface area contributed by atoms with Gasteiger partial charge in [-0.15, -0.1) is 5.10 Å². The lowest BCUT2D eigenvalue weighted by Gasteiger charge is -2.23. The lowest BCUT2D eigenvalue weighted by atomic mass is 10.1. The van der Waals surface area contributed by atoms with Gasteiger partial charge < -0.3 is 24.7 Å². The first-order chi connectivity index (χ1) is 17.2. The summed E-state index contributed by atoms with van der Waals surface area (Å²) in [7, 11) is 5.30. The fourth-order valence-corrected chi connectivity index (χ4v) is 4.14. The summed E-state index contributed by atoms with van der Waals surface area (Å²) >= 11 is 0. The lowest BCUT2D eigenvalue weighted by Crippen LogP contribution is -2.27. The lowest BCUT2D eigenvalue weighted by molar-refractivity contribution is 0.140. The van der Waals surface area contributed by atoms with Gasteiger partial charge in [0.05, 0.1) is 16.8 Å². The smallest absolute Gasteiger partial charge is 0.407 e. The van der Waals surface area contributed by atoms with Gasteiger partial charge in [0, 0.05) is 40.2 Å². The molecule has 0 spiro atoms. The van der Waals surface area contributed by atoms with Crippen LogP contribution in [0, 0.1) is 13.8 Å². The fourth-order valence-electron chi connectivity index (χ4n) is 4.14. The number of hydrogen-bond acceptors (Lipinski definition) is 7. The summed E-state index contributed by atoms with van der Waals surface area (Å²) in [6.45, 7) is 4.11. The quantitative estimate of drug-likeness (QED) is 0.375. The largest absolute Gasteiger partial charge is 0.508 e. The van der Waals surface area contributed by atoms with Crippen molar-refractivity contribution < 1.29 is 19.7 Å². The molecule has 0 aliphatic carbocycles.